The van der Waals surface area contributed by atoms with Crippen molar-refractivity contribution in [2.75, 3.05) is 45.3 Å². The van der Waals surface area contributed by atoms with E-state index in [1.54, 1.807) is 14.2 Å². The van der Waals surface area contributed by atoms with E-state index in [9.17, 15) is 4.79 Å². The molecule has 5 heteroatoms. The summed E-state index contributed by atoms with van der Waals surface area (Å²) in [7, 11) is 3.35. The molecule has 0 atom stereocenters. The molecule has 0 saturated carbocycles. The summed E-state index contributed by atoms with van der Waals surface area (Å²) in [6.07, 6.45) is 0. The second kappa shape index (κ2) is 8.55. The number of hydrogen-bond donors (Lipinski definition) is 0. The molecule has 1 fully saturated rings. The monoisotopic (exact) mass is 382 g/mol. The molecule has 3 rings (SSSR count). The summed E-state index contributed by atoms with van der Waals surface area (Å²) in [5, 5.41) is 0. The molecule has 1 aliphatic heterocycles. The maximum atomic E-state index is 13.2. The Kier molecular flexibility index (Phi) is 6.12. The van der Waals surface area contributed by atoms with Crippen molar-refractivity contribution in [2.24, 2.45) is 0 Å². The van der Waals surface area contributed by atoms with Gasteiger partial charge in [-0.05, 0) is 60.4 Å². The van der Waals surface area contributed by atoms with Gasteiger partial charge in [0.05, 0.1) is 14.2 Å². The number of anilines is 1. The van der Waals surface area contributed by atoms with Crippen LogP contribution in [0.5, 0.6) is 11.5 Å². The molecule has 2 aromatic carbocycles. The second-order valence-electron chi connectivity index (χ2n) is 7.54. The van der Waals surface area contributed by atoms with E-state index in [4.69, 9.17) is 9.47 Å². The van der Waals surface area contributed by atoms with Gasteiger partial charge in [0.15, 0.2) is 0 Å². The lowest BCUT2D eigenvalue weighted by Crippen LogP contribution is -2.49. The summed E-state index contributed by atoms with van der Waals surface area (Å²) in [5.41, 5.74) is 3.98. The molecule has 1 aliphatic rings. The third-order valence-corrected chi connectivity index (χ3v) is 5.43. The van der Waals surface area contributed by atoms with Gasteiger partial charge >= 0.3 is 0 Å². The van der Waals surface area contributed by atoms with Gasteiger partial charge in [0.1, 0.15) is 11.5 Å². The van der Waals surface area contributed by atoms with E-state index < -0.39 is 0 Å². The Hall–Kier alpha value is -2.69. The number of aryl methyl sites for hydroxylation is 1. The van der Waals surface area contributed by atoms with Crippen molar-refractivity contribution in [3.8, 4) is 11.5 Å². The minimum atomic E-state index is 0.108. The first-order chi connectivity index (χ1) is 13.4. The highest BCUT2D eigenvalue weighted by Gasteiger charge is 2.25. The van der Waals surface area contributed by atoms with Gasteiger partial charge in [-0.1, -0.05) is 13.8 Å². The Labute approximate surface area is 167 Å². The number of ether oxygens (including phenoxy) is 2. The van der Waals surface area contributed by atoms with Gasteiger partial charge in [-0.15, -0.1) is 0 Å². The van der Waals surface area contributed by atoms with Crippen LogP contribution < -0.4 is 14.4 Å². The fourth-order valence-corrected chi connectivity index (χ4v) is 3.69. The van der Waals surface area contributed by atoms with Crippen molar-refractivity contribution >= 4 is 11.6 Å². The number of rotatable bonds is 5. The molecule has 5 nitrogen and oxygen atoms in total. The first-order valence-electron chi connectivity index (χ1n) is 9.81. The summed E-state index contributed by atoms with van der Waals surface area (Å²) >= 11 is 0. The highest BCUT2D eigenvalue weighted by molar-refractivity contribution is 5.96. The van der Waals surface area contributed by atoms with Crippen molar-refractivity contribution < 1.29 is 14.3 Å². The zero-order valence-corrected chi connectivity index (χ0v) is 17.5. The Morgan fingerprint density at radius 2 is 1.61 bits per heavy atom. The molecule has 0 spiro atoms. The lowest BCUT2D eigenvalue weighted by molar-refractivity contribution is 0.0746. The van der Waals surface area contributed by atoms with E-state index >= 15 is 0 Å². The third kappa shape index (κ3) is 4.08. The minimum absolute atomic E-state index is 0.108. The summed E-state index contributed by atoms with van der Waals surface area (Å²) in [6, 6.07) is 12.1. The van der Waals surface area contributed by atoms with Crippen LogP contribution in [0.3, 0.4) is 0 Å². The molecule has 28 heavy (non-hydrogen) atoms. The standard InChI is InChI=1S/C23H30N2O3/c1-16(2)20-15-21(17(3)14-22(20)28-5)23(26)25-12-10-24(11-13-25)18-6-8-19(27-4)9-7-18/h6-9,14-16H,10-13H2,1-5H3. The molecule has 0 bridgehead atoms. The van der Waals surface area contributed by atoms with E-state index in [0.717, 1.165) is 47.0 Å². The number of methoxy groups -OCH3 is 2. The molecule has 1 heterocycles. The normalized spacial score (nSPS) is 14.4. The van der Waals surface area contributed by atoms with Crippen molar-refractivity contribution in [3.63, 3.8) is 0 Å². The SMILES string of the molecule is COc1ccc(N2CCN(C(=O)c3cc(C(C)C)c(OC)cc3C)CC2)cc1. The summed E-state index contributed by atoms with van der Waals surface area (Å²) in [4.78, 5) is 17.4. The highest BCUT2D eigenvalue weighted by Crippen LogP contribution is 2.30. The predicted octanol–water partition coefficient (Wildman–Crippen LogP) is 4.10. The predicted molar refractivity (Wildman–Crippen MR) is 113 cm³/mol. The number of benzene rings is 2. The Morgan fingerprint density at radius 1 is 0.964 bits per heavy atom. The van der Waals surface area contributed by atoms with E-state index in [1.165, 1.54) is 0 Å². The van der Waals surface area contributed by atoms with E-state index in [1.807, 2.05) is 36.1 Å². The van der Waals surface area contributed by atoms with Crippen LogP contribution in [0.1, 0.15) is 41.3 Å². The lowest BCUT2D eigenvalue weighted by Gasteiger charge is -2.36. The minimum Gasteiger partial charge on any atom is -0.497 e. The Balaban J connectivity index is 1.72. The van der Waals surface area contributed by atoms with Gasteiger partial charge in [0.25, 0.3) is 5.91 Å². The molecule has 2 aromatic rings. The fraction of sp³-hybridized carbons (Fsp3) is 0.435. The van der Waals surface area contributed by atoms with Gasteiger partial charge in [-0.25, -0.2) is 0 Å². The van der Waals surface area contributed by atoms with Crippen LogP contribution in [0.15, 0.2) is 36.4 Å². The fourth-order valence-electron chi connectivity index (χ4n) is 3.69. The molecule has 1 saturated heterocycles. The van der Waals surface area contributed by atoms with E-state index in [-0.39, 0.29) is 5.91 Å². The van der Waals surface area contributed by atoms with Gasteiger partial charge in [-0.2, -0.15) is 0 Å². The third-order valence-electron chi connectivity index (χ3n) is 5.43. The maximum Gasteiger partial charge on any atom is 0.254 e. The highest BCUT2D eigenvalue weighted by atomic mass is 16.5. The van der Waals surface area contributed by atoms with Gasteiger partial charge in [-0.3, -0.25) is 4.79 Å². The van der Waals surface area contributed by atoms with E-state index in [2.05, 4.69) is 30.9 Å². The van der Waals surface area contributed by atoms with Crippen molar-refractivity contribution in [1.29, 1.82) is 0 Å². The number of amides is 1. The van der Waals surface area contributed by atoms with Crippen LogP contribution >= 0.6 is 0 Å². The molecule has 1 amide bonds. The van der Waals surface area contributed by atoms with Gasteiger partial charge in [0, 0.05) is 37.4 Å². The van der Waals surface area contributed by atoms with Crippen molar-refractivity contribution in [3.05, 3.63) is 53.1 Å². The quantitative estimate of drug-likeness (QED) is 0.781. The average Bonchev–Trinajstić information content (AvgIpc) is 2.73. The Bertz CT molecular complexity index is 822. The van der Waals surface area contributed by atoms with Crippen LogP contribution in [-0.2, 0) is 0 Å². The van der Waals surface area contributed by atoms with Crippen LogP contribution in [-0.4, -0.2) is 51.2 Å². The molecule has 0 N–H and O–H groups in total. The van der Waals surface area contributed by atoms with Gasteiger partial charge < -0.3 is 19.3 Å². The van der Waals surface area contributed by atoms with Crippen molar-refractivity contribution in [2.45, 2.75) is 26.7 Å². The zero-order chi connectivity index (χ0) is 20.3. The van der Waals surface area contributed by atoms with E-state index in [0.29, 0.717) is 19.0 Å². The first kappa shape index (κ1) is 20.1. The maximum absolute atomic E-state index is 13.2. The molecule has 0 radical (unpaired) electrons. The van der Waals surface area contributed by atoms with Crippen LogP contribution in [0.2, 0.25) is 0 Å². The summed E-state index contributed by atoms with van der Waals surface area (Å²) in [6.45, 7) is 9.30. The lowest BCUT2D eigenvalue weighted by atomic mass is 9.95. The second-order valence-corrected chi connectivity index (χ2v) is 7.54. The number of hydrogen-bond acceptors (Lipinski definition) is 4. The molecule has 0 aliphatic carbocycles. The van der Waals surface area contributed by atoms with Gasteiger partial charge in [0.2, 0.25) is 0 Å². The number of carbonyl (C=O) groups excluding carboxylic acids is 1. The topological polar surface area (TPSA) is 42.0 Å². The molecule has 0 aromatic heterocycles. The molecular formula is C23H30N2O3. The van der Waals surface area contributed by atoms with Crippen molar-refractivity contribution in [1.82, 2.24) is 4.90 Å². The molecule has 150 valence electrons. The number of nitrogens with zero attached hydrogens (tertiary/aromatic N) is 2. The average molecular weight is 383 g/mol. The summed E-state index contributed by atoms with van der Waals surface area (Å²) in [5.74, 6) is 2.12. The largest absolute Gasteiger partial charge is 0.497 e. The van der Waals surface area contributed by atoms with Crippen LogP contribution in [0.4, 0.5) is 5.69 Å². The number of carbonyl (C=O) groups is 1. The van der Waals surface area contributed by atoms with Crippen LogP contribution in [0, 0.1) is 6.92 Å². The number of piperazine rings is 1. The Morgan fingerprint density at radius 3 is 2.14 bits per heavy atom. The molecule has 0 unspecified atom stereocenters. The van der Waals surface area contributed by atoms with Crippen LogP contribution in [0.25, 0.3) is 0 Å². The summed E-state index contributed by atoms with van der Waals surface area (Å²) < 4.78 is 10.7. The molecular weight excluding hydrogens is 352 g/mol. The smallest absolute Gasteiger partial charge is 0.254 e. The first-order valence-corrected chi connectivity index (χ1v) is 9.81. The zero-order valence-electron chi connectivity index (χ0n) is 17.5.